The SMILES string of the molecule is Cc1nc(C)n(-c2ccc(CN)cc2F)n1. The maximum atomic E-state index is 13.8. The summed E-state index contributed by atoms with van der Waals surface area (Å²) in [5, 5.41) is 4.13. The molecule has 1 aromatic heterocycles. The van der Waals surface area contributed by atoms with Gasteiger partial charge in [-0.1, -0.05) is 6.07 Å². The van der Waals surface area contributed by atoms with Crippen LogP contribution in [-0.2, 0) is 6.54 Å². The number of nitrogens with two attached hydrogens (primary N) is 1. The molecule has 0 bridgehead atoms. The van der Waals surface area contributed by atoms with Crippen LogP contribution in [0, 0.1) is 19.7 Å². The van der Waals surface area contributed by atoms with Gasteiger partial charge in [-0.15, -0.1) is 0 Å². The lowest BCUT2D eigenvalue weighted by Crippen LogP contribution is -2.04. The van der Waals surface area contributed by atoms with Crippen molar-refractivity contribution in [2.75, 3.05) is 0 Å². The summed E-state index contributed by atoms with van der Waals surface area (Å²) in [7, 11) is 0. The van der Waals surface area contributed by atoms with E-state index in [1.54, 1.807) is 26.0 Å². The second-order valence-corrected chi connectivity index (χ2v) is 3.61. The van der Waals surface area contributed by atoms with Gasteiger partial charge in [0.2, 0.25) is 0 Å². The molecule has 0 aliphatic heterocycles. The minimum atomic E-state index is -0.337. The van der Waals surface area contributed by atoms with Crippen molar-refractivity contribution in [2.24, 2.45) is 5.73 Å². The largest absolute Gasteiger partial charge is 0.326 e. The fraction of sp³-hybridized carbons (Fsp3) is 0.273. The van der Waals surface area contributed by atoms with Gasteiger partial charge in [0.25, 0.3) is 0 Å². The molecule has 0 unspecified atom stereocenters. The lowest BCUT2D eigenvalue weighted by molar-refractivity contribution is 0.605. The third-order valence-electron chi connectivity index (χ3n) is 2.35. The van der Waals surface area contributed by atoms with Crippen LogP contribution in [0.5, 0.6) is 0 Å². The van der Waals surface area contributed by atoms with Crippen molar-refractivity contribution in [1.29, 1.82) is 0 Å². The fourth-order valence-electron chi connectivity index (χ4n) is 1.60. The molecule has 0 spiro atoms. The molecule has 0 aliphatic rings. The Kier molecular flexibility index (Phi) is 2.70. The molecule has 2 N–H and O–H groups in total. The van der Waals surface area contributed by atoms with Crippen LogP contribution >= 0.6 is 0 Å². The van der Waals surface area contributed by atoms with E-state index in [2.05, 4.69) is 10.1 Å². The smallest absolute Gasteiger partial charge is 0.149 e. The molecule has 0 radical (unpaired) electrons. The van der Waals surface area contributed by atoms with Crippen LogP contribution in [0.25, 0.3) is 5.69 Å². The Balaban J connectivity index is 2.52. The maximum Gasteiger partial charge on any atom is 0.149 e. The Morgan fingerprint density at radius 2 is 2.12 bits per heavy atom. The van der Waals surface area contributed by atoms with Gasteiger partial charge in [-0.05, 0) is 31.5 Å². The first-order valence-electron chi connectivity index (χ1n) is 5.01. The van der Waals surface area contributed by atoms with Gasteiger partial charge in [0.15, 0.2) is 0 Å². The molecule has 2 aromatic rings. The third kappa shape index (κ3) is 1.81. The topological polar surface area (TPSA) is 56.7 Å². The van der Waals surface area contributed by atoms with E-state index < -0.39 is 0 Å². The zero-order chi connectivity index (χ0) is 11.7. The fourth-order valence-corrected chi connectivity index (χ4v) is 1.60. The molecule has 0 saturated carbocycles. The molecule has 1 aromatic carbocycles. The molecule has 84 valence electrons. The summed E-state index contributed by atoms with van der Waals surface area (Å²) in [6.07, 6.45) is 0. The van der Waals surface area contributed by atoms with Crippen LogP contribution in [0.1, 0.15) is 17.2 Å². The molecule has 0 aliphatic carbocycles. The quantitative estimate of drug-likeness (QED) is 0.834. The summed E-state index contributed by atoms with van der Waals surface area (Å²) < 4.78 is 15.3. The van der Waals surface area contributed by atoms with Gasteiger partial charge in [0.05, 0.1) is 0 Å². The monoisotopic (exact) mass is 220 g/mol. The number of nitrogens with zero attached hydrogens (tertiary/aromatic N) is 3. The molecule has 16 heavy (non-hydrogen) atoms. The lowest BCUT2D eigenvalue weighted by atomic mass is 10.2. The Labute approximate surface area is 92.9 Å². The third-order valence-corrected chi connectivity index (χ3v) is 2.35. The molecule has 0 amide bonds. The highest BCUT2D eigenvalue weighted by atomic mass is 19.1. The number of aryl methyl sites for hydroxylation is 2. The van der Waals surface area contributed by atoms with Crippen LogP contribution in [0.3, 0.4) is 0 Å². The normalized spacial score (nSPS) is 10.8. The Hall–Kier alpha value is -1.75. The van der Waals surface area contributed by atoms with Crippen molar-refractivity contribution in [2.45, 2.75) is 20.4 Å². The Bertz CT molecular complexity index is 519. The van der Waals surface area contributed by atoms with Gasteiger partial charge in [0.1, 0.15) is 23.2 Å². The molecule has 5 heteroatoms. The minimum absolute atomic E-state index is 0.326. The van der Waals surface area contributed by atoms with Crippen molar-refractivity contribution in [3.05, 3.63) is 41.2 Å². The molecule has 2 rings (SSSR count). The number of rotatable bonds is 2. The van der Waals surface area contributed by atoms with E-state index in [9.17, 15) is 4.39 Å². The van der Waals surface area contributed by atoms with Crippen molar-refractivity contribution in [3.8, 4) is 5.69 Å². The standard InChI is InChI=1S/C11H13FN4/c1-7-14-8(2)16(15-7)11-4-3-9(6-13)5-10(11)12/h3-5H,6,13H2,1-2H3. The highest BCUT2D eigenvalue weighted by Gasteiger charge is 2.10. The summed E-state index contributed by atoms with van der Waals surface area (Å²) >= 11 is 0. The van der Waals surface area contributed by atoms with E-state index in [-0.39, 0.29) is 5.82 Å². The number of aromatic nitrogens is 3. The Morgan fingerprint density at radius 1 is 1.38 bits per heavy atom. The molecular weight excluding hydrogens is 207 g/mol. The van der Waals surface area contributed by atoms with Crippen LogP contribution in [0.4, 0.5) is 4.39 Å². The van der Waals surface area contributed by atoms with Crippen LogP contribution in [0.2, 0.25) is 0 Å². The van der Waals surface area contributed by atoms with Gasteiger partial charge < -0.3 is 5.73 Å². The van der Waals surface area contributed by atoms with E-state index in [4.69, 9.17) is 5.73 Å². The average molecular weight is 220 g/mol. The van der Waals surface area contributed by atoms with E-state index in [0.717, 1.165) is 5.56 Å². The summed E-state index contributed by atoms with van der Waals surface area (Å²) in [6, 6.07) is 4.87. The van der Waals surface area contributed by atoms with Gasteiger partial charge in [-0.3, -0.25) is 0 Å². The summed E-state index contributed by atoms with van der Waals surface area (Å²) in [5.74, 6) is 0.952. The first-order valence-corrected chi connectivity index (χ1v) is 5.01. The minimum Gasteiger partial charge on any atom is -0.326 e. The van der Waals surface area contributed by atoms with E-state index in [1.165, 1.54) is 10.7 Å². The van der Waals surface area contributed by atoms with Crippen LogP contribution < -0.4 is 5.73 Å². The van der Waals surface area contributed by atoms with Gasteiger partial charge in [-0.25, -0.2) is 14.1 Å². The molecule has 4 nitrogen and oxygen atoms in total. The number of hydrogen-bond acceptors (Lipinski definition) is 3. The van der Waals surface area contributed by atoms with Crippen LogP contribution in [-0.4, -0.2) is 14.8 Å². The van der Waals surface area contributed by atoms with E-state index in [0.29, 0.717) is 23.9 Å². The predicted octanol–water partition coefficient (Wildman–Crippen LogP) is 1.48. The zero-order valence-electron chi connectivity index (χ0n) is 9.24. The van der Waals surface area contributed by atoms with E-state index in [1.807, 2.05) is 0 Å². The first kappa shape index (κ1) is 10.8. The summed E-state index contributed by atoms with van der Waals surface area (Å²) in [6.45, 7) is 3.89. The molecular formula is C11H13FN4. The highest BCUT2D eigenvalue weighted by Crippen LogP contribution is 2.15. The number of benzene rings is 1. The second-order valence-electron chi connectivity index (χ2n) is 3.61. The summed E-state index contributed by atoms with van der Waals surface area (Å²) in [5.41, 5.74) is 6.60. The van der Waals surface area contributed by atoms with Gasteiger partial charge in [-0.2, -0.15) is 5.10 Å². The van der Waals surface area contributed by atoms with Crippen molar-refractivity contribution < 1.29 is 4.39 Å². The number of hydrogen-bond donors (Lipinski definition) is 1. The Morgan fingerprint density at radius 3 is 2.62 bits per heavy atom. The predicted molar refractivity (Wildman–Crippen MR) is 58.7 cm³/mol. The molecule has 0 fully saturated rings. The van der Waals surface area contributed by atoms with Gasteiger partial charge >= 0.3 is 0 Å². The number of halogens is 1. The molecule has 0 atom stereocenters. The van der Waals surface area contributed by atoms with Crippen LogP contribution in [0.15, 0.2) is 18.2 Å². The lowest BCUT2D eigenvalue weighted by Gasteiger charge is -2.05. The second kappa shape index (κ2) is 4.02. The first-order chi connectivity index (χ1) is 7.61. The highest BCUT2D eigenvalue weighted by molar-refractivity contribution is 5.36. The van der Waals surface area contributed by atoms with Crippen molar-refractivity contribution in [1.82, 2.24) is 14.8 Å². The molecule has 1 heterocycles. The van der Waals surface area contributed by atoms with E-state index >= 15 is 0 Å². The van der Waals surface area contributed by atoms with Crippen molar-refractivity contribution in [3.63, 3.8) is 0 Å². The summed E-state index contributed by atoms with van der Waals surface area (Å²) in [4.78, 5) is 4.13. The average Bonchev–Trinajstić information content (AvgIpc) is 2.57. The maximum absolute atomic E-state index is 13.8. The van der Waals surface area contributed by atoms with Crippen molar-refractivity contribution >= 4 is 0 Å². The molecule has 0 saturated heterocycles. The van der Waals surface area contributed by atoms with Gasteiger partial charge in [0, 0.05) is 6.54 Å². The zero-order valence-corrected chi connectivity index (χ0v) is 9.24.